The fourth-order valence-corrected chi connectivity index (χ4v) is 0.636. The number of ether oxygens (including phenoxy) is 2. The van der Waals surface area contributed by atoms with Crippen molar-refractivity contribution in [3.63, 3.8) is 0 Å². The molecule has 0 saturated carbocycles. The first-order valence-corrected chi connectivity index (χ1v) is 3.78. The summed E-state index contributed by atoms with van der Waals surface area (Å²) in [6, 6.07) is 0. The van der Waals surface area contributed by atoms with Crippen LogP contribution in [-0.4, -0.2) is 19.7 Å². The lowest BCUT2D eigenvalue weighted by Gasteiger charge is -2.05. The Morgan fingerprint density at radius 1 is 1.58 bits per heavy atom. The molecule has 0 N–H and O–H groups in total. The van der Waals surface area contributed by atoms with Gasteiger partial charge in [-0.3, -0.25) is 0 Å². The minimum Gasteiger partial charge on any atom is -0.483 e. The smallest absolute Gasteiger partial charge is 0.372 e. The highest BCUT2D eigenvalue weighted by molar-refractivity contribution is 5.86. The minimum atomic E-state index is -0.446. The molecule has 0 aliphatic heterocycles. The van der Waals surface area contributed by atoms with Crippen molar-refractivity contribution in [2.75, 3.05) is 13.7 Å². The highest BCUT2D eigenvalue weighted by Crippen LogP contribution is 2.01. The van der Waals surface area contributed by atoms with E-state index in [-0.39, 0.29) is 5.76 Å². The number of carbonyl (C=O) groups is 1. The van der Waals surface area contributed by atoms with Crippen LogP contribution in [0.2, 0.25) is 0 Å². The van der Waals surface area contributed by atoms with E-state index in [1.54, 1.807) is 12.2 Å². The molecule has 0 spiro atoms. The Kier molecular flexibility index (Phi) is 5.79. The molecular weight excluding hydrogens is 156 g/mol. The molecule has 0 saturated heterocycles. The number of hydrogen-bond acceptors (Lipinski definition) is 3. The van der Waals surface area contributed by atoms with Crippen molar-refractivity contribution >= 4 is 5.97 Å². The summed E-state index contributed by atoms with van der Waals surface area (Å²) in [5, 5.41) is 0. The van der Waals surface area contributed by atoms with Gasteiger partial charge in [0.2, 0.25) is 5.76 Å². The zero-order chi connectivity index (χ0) is 9.40. The molecule has 0 aliphatic carbocycles. The zero-order valence-electron chi connectivity index (χ0n) is 7.50. The third kappa shape index (κ3) is 3.81. The number of methoxy groups -OCH3 is 1. The molecular formula is C9H14O3. The van der Waals surface area contributed by atoms with Gasteiger partial charge in [-0.2, -0.15) is 0 Å². The second-order valence-corrected chi connectivity index (χ2v) is 2.07. The Hall–Kier alpha value is -1.25. The molecule has 0 radical (unpaired) electrons. The number of esters is 1. The van der Waals surface area contributed by atoms with Crippen LogP contribution in [-0.2, 0) is 14.3 Å². The van der Waals surface area contributed by atoms with Crippen LogP contribution in [0.3, 0.4) is 0 Å². The Labute approximate surface area is 72.7 Å². The van der Waals surface area contributed by atoms with Crippen molar-refractivity contribution in [2.24, 2.45) is 0 Å². The van der Waals surface area contributed by atoms with Crippen LogP contribution >= 0.6 is 0 Å². The third-order valence-electron chi connectivity index (χ3n) is 1.13. The van der Waals surface area contributed by atoms with E-state index in [0.29, 0.717) is 6.61 Å². The summed E-state index contributed by atoms with van der Waals surface area (Å²) in [6.07, 6.45) is 3.99. The van der Waals surface area contributed by atoms with Gasteiger partial charge in [-0.05, 0) is 12.5 Å². The first-order valence-electron chi connectivity index (χ1n) is 3.78. The van der Waals surface area contributed by atoms with Gasteiger partial charge in [-0.25, -0.2) is 4.79 Å². The van der Waals surface area contributed by atoms with Gasteiger partial charge in [0.25, 0.3) is 0 Å². The third-order valence-corrected chi connectivity index (χ3v) is 1.13. The Morgan fingerprint density at radius 3 is 2.67 bits per heavy atom. The van der Waals surface area contributed by atoms with Gasteiger partial charge in [0.1, 0.15) is 6.61 Å². The van der Waals surface area contributed by atoms with E-state index in [0.717, 1.165) is 6.42 Å². The molecule has 0 aromatic heterocycles. The lowest BCUT2D eigenvalue weighted by molar-refractivity contribution is -0.139. The van der Waals surface area contributed by atoms with E-state index in [9.17, 15) is 4.79 Å². The van der Waals surface area contributed by atoms with E-state index in [1.807, 2.05) is 6.92 Å². The van der Waals surface area contributed by atoms with Gasteiger partial charge in [0.05, 0.1) is 7.11 Å². The van der Waals surface area contributed by atoms with Crippen molar-refractivity contribution < 1.29 is 14.3 Å². The molecule has 0 unspecified atom stereocenters. The van der Waals surface area contributed by atoms with E-state index in [1.165, 1.54) is 7.11 Å². The molecule has 0 aliphatic rings. The van der Waals surface area contributed by atoms with Crippen molar-refractivity contribution in [3.05, 3.63) is 24.5 Å². The largest absolute Gasteiger partial charge is 0.483 e. The average molecular weight is 170 g/mol. The molecule has 3 nitrogen and oxygen atoms in total. The monoisotopic (exact) mass is 170 g/mol. The zero-order valence-corrected chi connectivity index (χ0v) is 7.50. The first-order chi connectivity index (χ1) is 5.76. The summed E-state index contributed by atoms with van der Waals surface area (Å²) < 4.78 is 9.55. The van der Waals surface area contributed by atoms with Crippen molar-refractivity contribution in [1.82, 2.24) is 0 Å². The molecule has 0 bridgehead atoms. The molecule has 0 amide bonds. The summed E-state index contributed by atoms with van der Waals surface area (Å²) >= 11 is 0. The van der Waals surface area contributed by atoms with Gasteiger partial charge in [-0.1, -0.05) is 19.6 Å². The predicted molar refractivity (Wildman–Crippen MR) is 46.5 cm³/mol. The molecule has 12 heavy (non-hydrogen) atoms. The minimum absolute atomic E-state index is 0.250. The van der Waals surface area contributed by atoms with Gasteiger partial charge in [-0.15, -0.1) is 0 Å². The van der Waals surface area contributed by atoms with Crippen LogP contribution in [0.1, 0.15) is 13.3 Å². The van der Waals surface area contributed by atoms with Crippen molar-refractivity contribution in [1.29, 1.82) is 0 Å². The number of rotatable bonds is 5. The summed E-state index contributed by atoms with van der Waals surface area (Å²) in [5.41, 5.74) is 0. The summed E-state index contributed by atoms with van der Waals surface area (Å²) in [6.45, 7) is 5.71. The standard InChI is InChI=1S/C9H14O3/c1-4-6-8(9(10)11-3)12-7-5-2/h5-6H,2,4,7H2,1,3H3/b8-6+. The lowest BCUT2D eigenvalue weighted by Crippen LogP contribution is -2.08. The Morgan fingerprint density at radius 2 is 2.25 bits per heavy atom. The molecule has 0 heterocycles. The fraction of sp³-hybridized carbons (Fsp3) is 0.444. The molecule has 0 atom stereocenters. The van der Waals surface area contributed by atoms with Crippen LogP contribution in [0.15, 0.2) is 24.5 Å². The molecule has 0 aromatic carbocycles. The van der Waals surface area contributed by atoms with E-state index in [2.05, 4.69) is 11.3 Å². The number of allylic oxidation sites excluding steroid dienone is 1. The SMILES string of the molecule is C=CCO/C(=C/CC)C(=O)OC. The maximum Gasteiger partial charge on any atom is 0.372 e. The summed E-state index contributed by atoms with van der Waals surface area (Å²) in [5.74, 6) is -0.196. The summed E-state index contributed by atoms with van der Waals surface area (Å²) in [7, 11) is 1.32. The molecule has 68 valence electrons. The van der Waals surface area contributed by atoms with Crippen LogP contribution in [0.5, 0.6) is 0 Å². The van der Waals surface area contributed by atoms with Gasteiger partial charge in [0, 0.05) is 0 Å². The Balaban J connectivity index is 4.13. The van der Waals surface area contributed by atoms with E-state index in [4.69, 9.17) is 4.74 Å². The maximum absolute atomic E-state index is 11.0. The van der Waals surface area contributed by atoms with Gasteiger partial charge >= 0.3 is 5.97 Å². The predicted octanol–water partition coefficient (Wildman–Crippen LogP) is 1.66. The second kappa shape index (κ2) is 6.46. The van der Waals surface area contributed by atoms with Crippen molar-refractivity contribution in [3.8, 4) is 0 Å². The van der Waals surface area contributed by atoms with Gasteiger partial charge in [0.15, 0.2) is 0 Å². The lowest BCUT2D eigenvalue weighted by atomic mass is 10.4. The van der Waals surface area contributed by atoms with Crippen LogP contribution in [0.4, 0.5) is 0 Å². The molecule has 3 heteroatoms. The van der Waals surface area contributed by atoms with Crippen molar-refractivity contribution in [2.45, 2.75) is 13.3 Å². The van der Waals surface area contributed by atoms with Crippen LogP contribution in [0, 0.1) is 0 Å². The highest BCUT2D eigenvalue weighted by Gasteiger charge is 2.08. The maximum atomic E-state index is 11.0. The topological polar surface area (TPSA) is 35.5 Å². The average Bonchev–Trinajstić information content (AvgIpc) is 2.11. The second-order valence-electron chi connectivity index (χ2n) is 2.07. The normalized spacial score (nSPS) is 10.7. The quantitative estimate of drug-likeness (QED) is 0.272. The van der Waals surface area contributed by atoms with E-state index >= 15 is 0 Å². The Bertz CT molecular complexity index is 182. The first kappa shape index (κ1) is 10.8. The molecule has 0 fully saturated rings. The highest BCUT2D eigenvalue weighted by atomic mass is 16.6. The van der Waals surface area contributed by atoms with E-state index < -0.39 is 5.97 Å². The van der Waals surface area contributed by atoms with Crippen LogP contribution < -0.4 is 0 Å². The van der Waals surface area contributed by atoms with Gasteiger partial charge < -0.3 is 9.47 Å². The number of hydrogen-bond donors (Lipinski definition) is 0. The fourth-order valence-electron chi connectivity index (χ4n) is 0.636. The van der Waals surface area contributed by atoms with Crippen LogP contribution in [0.25, 0.3) is 0 Å². The molecule has 0 aromatic rings. The number of carbonyl (C=O) groups excluding carboxylic acids is 1. The molecule has 0 rings (SSSR count). The summed E-state index contributed by atoms with van der Waals surface area (Å²) in [4.78, 5) is 11.0.